The first-order valence-corrected chi connectivity index (χ1v) is 9.37. The average molecular weight is 374 g/mol. The number of pyridine rings is 1. The zero-order chi connectivity index (χ0) is 19.1. The monoisotopic (exact) mass is 374 g/mol. The Morgan fingerprint density at radius 3 is 2.93 bits per heavy atom. The molecule has 6 heteroatoms. The maximum Gasteiger partial charge on any atom is 0.126 e. The Balaban J connectivity index is 1.51. The highest BCUT2D eigenvalue weighted by Crippen LogP contribution is 2.31. The van der Waals surface area contributed by atoms with Gasteiger partial charge >= 0.3 is 0 Å². The molecule has 0 saturated carbocycles. The molecular formula is C22H19FN4O. The van der Waals surface area contributed by atoms with Gasteiger partial charge in [-0.25, -0.2) is 14.4 Å². The van der Waals surface area contributed by atoms with Crippen molar-refractivity contribution in [2.24, 2.45) is 0 Å². The van der Waals surface area contributed by atoms with Crippen LogP contribution in [-0.4, -0.2) is 26.0 Å². The molecule has 4 heterocycles. The molecule has 4 aromatic rings. The average Bonchev–Trinajstić information content (AvgIpc) is 3.37. The molecular weight excluding hydrogens is 355 g/mol. The van der Waals surface area contributed by atoms with E-state index in [-0.39, 0.29) is 5.82 Å². The van der Waals surface area contributed by atoms with Gasteiger partial charge in [0.05, 0.1) is 18.3 Å². The van der Waals surface area contributed by atoms with E-state index in [1.165, 1.54) is 6.07 Å². The van der Waals surface area contributed by atoms with Crippen molar-refractivity contribution in [3.05, 3.63) is 77.6 Å². The highest BCUT2D eigenvalue weighted by Gasteiger charge is 2.20. The number of ether oxygens (including phenoxy) is 1. The van der Waals surface area contributed by atoms with Crippen molar-refractivity contribution in [3.63, 3.8) is 0 Å². The number of halogens is 1. The summed E-state index contributed by atoms with van der Waals surface area (Å²) >= 11 is 0. The van der Waals surface area contributed by atoms with E-state index in [4.69, 9.17) is 4.74 Å². The van der Waals surface area contributed by atoms with Gasteiger partial charge < -0.3 is 4.74 Å². The fraction of sp³-hybridized carbons (Fsp3) is 0.227. The Bertz CT molecular complexity index is 1180. The van der Waals surface area contributed by atoms with Crippen LogP contribution >= 0.6 is 0 Å². The molecule has 0 spiro atoms. The van der Waals surface area contributed by atoms with Crippen molar-refractivity contribution in [3.8, 4) is 16.9 Å². The summed E-state index contributed by atoms with van der Waals surface area (Å²) < 4.78 is 22.0. The number of rotatable bonds is 4. The van der Waals surface area contributed by atoms with Crippen LogP contribution in [0.1, 0.15) is 22.6 Å². The predicted octanol–water partition coefficient (Wildman–Crippen LogP) is 3.96. The molecule has 28 heavy (non-hydrogen) atoms. The van der Waals surface area contributed by atoms with Crippen LogP contribution in [-0.2, 0) is 19.3 Å². The third-order valence-electron chi connectivity index (χ3n) is 5.37. The summed E-state index contributed by atoms with van der Waals surface area (Å²) in [6, 6.07) is 7.17. The molecule has 0 atom stereocenters. The molecule has 0 aliphatic carbocycles. The number of imidazole rings is 1. The molecule has 1 aliphatic heterocycles. The third-order valence-corrected chi connectivity index (χ3v) is 5.37. The molecule has 0 radical (unpaired) electrons. The number of aryl methyl sites for hydroxylation is 2. The van der Waals surface area contributed by atoms with E-state index < -0.39 is 0 Å². The summed E-state index contributed by atoms with van der Waals surface area (Å²) in [4.78, 5) is 13.4. The van der Waals surface area contributed by atoms with E-state index in [2.05, 4.69) is 15.0 Å². The lowest BCUT2D eigenvalue weighted by Crippen LogP contribution is -2.06. The van der Waals surface area contributed by atoms with Gasteiger partial charge in [-0.2, -0.15) is 0 Å². The van der Waals surface area contributed by atoms with E-state index in [1.54, 1.807) is 18.6 Å². The first-order chi connectivity index (χ1) is 13.7. The number of aromatic nitrogens is 4. The zero-order valence-corrected chi connectivity index (χ0v) is 15.5. The largest absolute Gasteiger partial charge is 0.493 e. The van der Waals surface area contributed by atoms with Crippen LogP contribution in [0.25, 0.3) is 16.6 Å². The number of fused-ring (bicyclic) bond motifs is 2. The highest BCUT2D eigenvalue weighted by atomic mass is 19.1. The van der Waals surface area contributed by atoms with E-state index in [0.717, 1.165) is 51.5 Å². The Morgan fingerprint density at radius 2 is 2.04 bits per heavy atom. The quantitative estimate of drug-likeness (QED) is 0.543. The van der Waals surface area contributed by atoms with Gasteiger partial charge in [-0.3, -0.25) is 9.38 Å². The lowest BCUT2D eigenvalue weighted by Gasteiger charge is -2.12. The second-order valence-electron chi connectivity index (χ2n) is 6.97. The molecule has 140 valence electrons. The van der Waals surface area contributed by atoms with Gasteiger partial charge in [0.2, 0.25) is 0 Å². The second kappa shape index (κ2) is 6.71. The van der Waals surface area contributed by atoms with Crippen LogP contribution in [0.2, 0.25) is 0 Å². The number of hydrogen-bond acceptors (Lipinski definition) is 4. The van der Waals surface area contributed by atoms with Gasteiger partial charge in [0.25, 0.3) is 0 Å². The zero-order valence-electron chi connectivity index (χ0n) is 15.5. The van der Waals surface area contributed by atoms with Crippen molar-refractivity contribution >= 4 is 5.52 Å². The fourth-order valence-corrected chi connectivity index (χ4v) is 3.95. The van der Waals surface area contributed by atoms with Crippen molar-refractivity contribution < 1.29 is 9.13 Å². The molecule has 0 fully saturated rings. The summed E-state index contributed by atoms with van der Waals surface area (Å²) in [6.45, 7) is 2.60. The molecule has 5 nitrogen and oxygen atoms in total. The number of hydrogen-bond donors (Lipinski definition) is 0. The van der Waals surface area contributed by atoms with Crippen LogP contribution in [0.15, 0.2) is 49.2 Å². The highest BCUT2D eigenvalue weighted by molar-refractivity contribution is 5.80. The first kappa shape index (κ1) is 16.9. The van der Waals surface area contributed by atoms with Crippen LogP contribution in [0.3, 0.4) is 0 Å². The summed E-state index contributed by atoms with van der Waals surface area (Å²) in [5.74, 6) is 1.49. The Kier molecular flexibility index (Phi) is 4.04. The standard InChI is InChI=1S/C22H19FN4O/c1-14-15(3-2-9-25-14)18-11-26-22(27-13-24-12-20(18)27)7-4-16-17-8-10-28-21(17)6-5-19(16)23/h2-3,5-6,9,11-13H,4,7-8,10H2,1H3. The summed E-state index contributed by atoms with van der Waals surface area (Å²) in [5.41, 5.74) is 5.68. The number of nitrogens with zero attached hydrogens (tertiary/aromatic N) is 4. The minimum absolute atomic E-state index is 0.172. The molecule has 0 unspecified atom stereocenters. The van der Waals surface area contributed by atoms with Gasteiger partial charge in [-0.05, 0) is 37.1 Å². The second-order valence-corrected chi connectivity index (χ2v) is 6.97. The molecule has 0 bridgehead atoms. The lowest BCUT2D eigenvalue weighted by molar-refractivity contribution is 0.356. The molecule has 1 aliphatic rings. The maximum atomic E-state index is 14.4. The minimum atomic E-state index is -0.172. The van der Waals surface area contributed by atoms with E-state index >= 15 is 0 Å². The molecule has 0 N–H and O–H groups in total. The van der Waals surface area contributed by atoms with Gasteiger partial charge in [0, 0.05) is 47.6 Å². The predicted molar refractivity (Wildman–Crippen MR) is 104 cm³/mol. The summed E-state index contributed by atoms with van der Waals surface area (Å²) in [5, 5.41) is 0. The van der Waals surface area contributed by atoms with Crippen LogP contribution in [0, 0.1) is 12.7 Å². The van der Waals surface area contributed by atoms with Crippen LogP contribution in [0.4, 0.5) is 4.39 Å². The first-order valence-electron chi connectivity index (χ1n) is 9.37. The lowest BCUT2D eigenvalue weighted by atomic mass is 9.99. The van der Waals surface area contributed by atoms with E-state index in [9.17, 15) is 4.39 Å². The summed E-state index contributed by atoms with van der Waals surface area (Å²) in [7, 11) is 0. The molecule has 1 aromatic carbocycles. The minimum Gasteiger partial charge on any atom is -0.493 e. The Morgan fingerprint density at radius 1 is 1.11 bits per heavy atom. The number of benzene rings is 1. The normalized spacial score (nSPS) is 12.9. The fourth-order valence-electron chi connectivity index (χ4n) is 3.95. The topological polar surface area (TPSA) is 52.3 Å². The molecule has 0 amide bonds. The van der Waals surface area contributed by atoms with Gasteiger partial charge in [-0.1, -0.05) is 6.07 Å². The smallest absolute Gasteiger partial charge is 0.126 e. The van der Waals surface area contributed by atoms with Crippen LogP contribution in [0.5, 0.6) is 5.75 Å². The molecule has 3 aromatic heterocycles. The van der Waals surface area contributed by atoms with Gasteiger partial charge in [0.15, 0.2) is 0 Å². The van der Waals surface area contributed by atoms with Crippen molar-refractivity contribution in [2.45, 2.75) is 26.2 Å². The maximum absolute atomic E-state index is 14.4. The Hall–Kier alpha value is -3.28. The van der Waals surface area contributed by atoms with E-state index in [1.807, 2.05) is 35.9 Å². The molecule has 0 saturated heterocycles. The van der Waals surface area contributed by atoms with Gasteiger partial charge in [0.1, 0.15) is 23.7 Å². The van der Waals surface area contributed by atoms with Crippen LogP contribution < -0.4 is 4.74 Å². The molecule has 5 rings (SSSR count). The Labute approximate surface area is 161 Å². The van der Waals surface area contributed by atoms with E-state index in [0.29, 0.717) is 19.4 Å². The SMILES string of the molecule is Cc1ncccc1-c1cnc(CCc2c(F)ccc3c2CCO3)n2cncc12. The van der Waals surface area contributed by atoms with Crippen molar-refractivity contribution in [1.82, 2.24) is 19.4 Å². The van der Waals surface area contributed by atoms with Crippen molar-refractivity contribution in [1.29, 1.82) is 0 Å². The van der Waals surface area contributed by atoms with Crippen molar-refractivity contribution in [2.75, 3.05) is 6.61 Å². The summed E-state index contributed by atoms with van der Waals surface area (Å²) in [6.07, 6.45) is 9.20. The van der Waals surface area contributed by atoms with Gasteiger partial charge in [-0.15, -0.1) is 0 Å². The third kappa shape index (κ3) is 2.72.